The van der Waals surface area contributed by atoms with Crippen LogP contribution in [0.5, 0.6) is 0 Å². The van der Waals surface area contributed by atoms with Crippen molar-refractivity contribution in [1.82, 2.24) is 0 Å². The van der Waals surface area contributed by atoms with Crippen LogP contribution >= 0.6 is 8.46 Å². The van der Waals surface area contributed by atoms with E-state index in [1.54, 1.807) is 0 Å². The topological polar surface area (TPSA) is 17.1 Å². The Bertz CT molecular complexity index is 474. The Kier molecular flexibility index (Phi) is 3.03. The second-order valence-corrected chi connectivity index (χ2v) is 4.46. The summed E-state index contributed by atoms with van der Waals surface area (Å²) >= 11 is 0. The second kappa shape index (κ2) is 4.46. The van der Waals surface area contributed by atoms with Crippen LogP contribution in [0, 0.1) is 6.92 Å². The molecular weight excluding hydrogens is 203 g/mol. The first-order valence-electron chi connectivity index (χ1n) is 4.92. The van der Waals surface area contributed by atoms with Crippen molar-refractivity contribution in [2.24, 2.45) is 0 Å². The Morgan fingerprint density at radius 2 is 1.60 bits per heavy atom. The number of hydrogen-bond acceptors (Lipinski definition) is 1. The van der Waals surface area contributed by atoms with E-state index in [9.17, 15) is 4.57 Å². The minimum Gasteiger partial charge on any atom is -0.325 e. The highest BCUT2D eigenvalue weighted by atomic mass is 31.1. The summed E-state index contributed by atoms with van der Waals surface area (Å²) in [6.45, 7) is 2.10. The van der Waals surface area contributed by atoms with E-state index in [4.69, 9.17) is 0 Å². The quantitative estimate of drug-likeness (QED) is 0.705. The van der Waals surface area contributed by atoms with Gasteiger partial charge >= 0.3 is 0 Å². The Balaban J connectivity index is 2.46. The summed E-state index contributed by atoms with van der Waals surface area (Å²) in [5.74, 6) is 0. The highest BCUT2D eigenvalue weighted by molar-refractivity contribution is 7.34. The molecule has 0 spiro atoms. The van der Waals surface area contributed by atoms with E-state index in [1.807, 2.05) is 36.4 Å². The molecule has 0 amide bonds. The Hall–Kier alpha value is -1.33. The van der Waals surface area contributed by atoms with Gasteiger partial charge in [-0.05, 0) is 23.6 Å². The van der Waals surface area contributed by atoms with Crippen molar-refractivity contribution in [2.75, 3.05) is 0 Å². The van der Waals surface area contributed by atoms with Gasteiger partial charge in [-0.3, -0.25) is 0 Å². The molecule has 1 atom stereocenters. The molecule has 0 aliphatic heterocycles. The van der Waals surface area contributed by atoms with Gasteiger partial charge in [-0.25, -0.2) is 0 Å². The predicted octanol–water partition coefficient (Wildman–Crippen LogP) is 3.04. The molecule has 2 heteroatoms. The summed E-state index contributed by atoms with van der Waals surface area (Å²) in [6, 6.07) is 16.2. The van der Waals surface area contributed by atoms with Crippen LogP contribution in [0.15, 0.2) is 48.5 Å². The van der Waals surface area contributed by atoms with E-state index in [0.29, 0.717) is 0 Å². The number of hydrogen-bond donors (Lipinski definition) is 0. The largest absolute Gasteiger partial charge is 0.325 e. The number of aryl methyl sites for hydroxylation is 1. The smallest absolute Gasteiger partial charge is 0.0921 e. The summed E-state index contributed by atoms with van der Waals surface area (Å²) in [5.41, 5.74) is 3.69. The first-order valence-corrected chi connectivity index (χ1v) is 5.97. The van der Waals surface area contributed by atoms with Crippen LogP contribution in [0.2, 0.25) is 0 Å². The standard InChI is InChI=1S/C13H13OP/c1-10-4-2-3-5-13(10)11-6-8-12(15-14)9-7-11/h2-9H,15H2,1H3. The first kappa shape index (κ1) is 10.2. The highest BCUT2D eigenvalue weighted by Crippen LogP contribution is 2.22. The van der Waals surface area contributed by atoms with Crippen molar-refractivity contribution >= 4 is 13.8 Å². The minimum atomic E-state index is -0.816. The van der Waals surface area contributed by atoms with Gasteiger partial charge in [0.25, 0.3) is 0 Å². The molecule has 1 unspecified atom stereocenters. The van der Waals surface area contributed by atoms with Crippen molar-refractivity contribution in [2.45, 2.75) is 6.92 Å². The Labute approximate surface area is 91.0 Å². The SMILES string of the molecule is Cc1ccccc1-c1ccc([PH2]=O)cc1. The van der Waals surface area contributed by atoms with Gasteiger partial charge < -0.3 is 4.57 Å². The summed E-state index contributed by atoms with van der Waals surface area (Å²) in [4.78, 5) is 0. The molecule has 0 saturated carbocycles. The van der Waals surface area contributed by atoms with Crippen LogP contribution in [0.1, 0.15) is 5.56 Å². The average Bonchev–Trinajstić information content (AvgIpc) is 2.30. The molecule has 0 bridgehead atoms. The summed E-state index contributed by atoms with van der Waals surface area (Å²) < 4.78 is 10.7. The number of benzene rings is 2. The monoisotopic (exact) mass is 216 g/mol. The number of rotatable bonds is 2. The molecule has 0 fully saturated rings. The van der Waals surface area contributed by atoms with Crippen molar-refractivity contribution < 1.29 is 4.57 Å². The average molecular weight is 216 g/mol. The van der Waals surface area contributed by atoms with Crippen LogP contribution < -0.4 is 5.30 Å². The van der Waals surface area contributed by atoms with E-state index in [2.05, 4.69) is 19.1 Å². The van der Waals surface area contributed by atoms with Crippen LogP contribution in [0.3, 0.4) is 0 Å². The maximum Gasteiger partial charge on any atom is 0.0921 e. The van der Waals surface area contributed by atoms with E-state index in [0.717, 1.165) is 5.30 Å². The van der Waals surface area contributed by atoms with Crippen LogP contribution in [0.4, 0.5) is 0 Å². The minimum absolute atomic E-state index is 0.816. The normalized spacial score (nSPS) is 11.0. The van der Waals surface area contributed by atoms with Crippen LogP contribution in [0.25, 0.3) is 11.1 Å². The molecule has 0 aliphatic rings. The lowest BCUT2D eigenvalue weighted by molar-refractivity contribution is 0.603. The third-order valence-electron chi connectivity index (χ3n) is 2.50. The molecule has 0 heterocycles. The van der Waals surface area contributed by atoms with Crippen molar-refractivity contribution in [3.63, 3.8) is 0 Å². The molecule has 15 heavy (non-hydrogen) atoms. The van der Waals surface area contributed by atoms with Gasteiger partial charge in [0.2, 0.25) is 0 Å². The zero-order valence-corrected chi connectivity index (χ0v) is 9.76. The van der Waals surface area contributed by atoms with Gasteiger partial charge in [0.1, 0.15) is 0 Å². The third kappa shape index (κ3) is 2.19. The highest BCUT2D eigenvalue weighted by Gasteiger charge is 1.99. The lowest BCUT2D eigenvalue weighted by Crippen LogP contribution is -1.90. The van der Waals surface area contributed by atoms with Crippen LogP contribution in [-0.4, -0.2) is 0 Å². The van der Waals surface area contributed by atoms with E-state index >= 15 is 0 Å². The van der Waals surface area contributed by atoms with E-state index in [-0.39, 0.29) is 0 Å². The fraction of sp³-hybridized carbons (Fsp3) is 0.0769. The van der Waals surface area contributed by atoms with Gasteiger partial charge in [0.05, 0.1) is 8.46 Å². The summed E-state index contributed by atoms with van der Waals surface area (Å²) in [5, 5.41) is 0.923. The van der Waals surface area contributed by atoms with Gasteiger partial charge in [-0.1, -0.05) is 48.5 Å². The van der Waals surface area contributed by atoms with Gasteiger partial charge in [0.15, 0.2) is 0 Å². The van der Waals surface area contributed by atoms with E-state index < -0.39 is 8.46 Å². The fourth-order valence-corrected chi connectivity index (χ4v) is 1.99. The van der Waals surface area contributed by atoms with Crippen LogP contribution in [-0.2, 0) is 4.57 Å². The lowest BCUT2D eigenvalue weighted by Gasteiger charge is -2.05. The molecule has 2 aromatic carbocycles. The van der Waals surface area contributed by atoms with Gasteiger partial charge in [-0.15, -0.1) is 0 Å². The van der Waals surface area contributed by atoms with Crippen molar-refractivity contribution in [3.8, 4) is 11.1 Å². The second-order valence-electron chi connectivity index (χ2n) is 3.55. The Morgan fingerprint density at radius 1 is 0.933 bits per heavy atom. The lowest BCUT2D eigenvalue weighted by atomic mass is 10.0. The zero-order chi connectivity index (χ0) is 10.7. The van der Waals surface area contributed by atoms with Crippen molar-refractivity contribution in [3.05, 3.63) is 54.1 Å². The molecule has 76 valence electrons. The maximum absolute atomic E-state index is 10.7. The Morgan fingerprint density at radius 3 is 2.20 bits per heavy atom. The van der Waals surface area contributed by atoms with Gasteiger partial charge in [0, 0.05) is 5.30 Å². The first-order chi connectivity index (χ1) is 7.31. The molecule has 2 rings (SSSR count). The molecule has 0 aromatic heterocycles. The molecule has 0 N–H and O–H groups in total. The molecule has 0 radical (unpaired) electrons. The predicted molar refractivity (Wildman–Crippen MR) is 66.6 cm³/mol. The maximum atomic E-state index is 10.7. The third-order valence-corrected chi connectivity index (χ3v) is 3.16. The van der Waals surface area contributed by atoms with E-state index in [1.165, 1.54) is 16.7 Å². The molecule has 0 aliphatic carbocycles. The zero-order valence-electron chi connectivity index (χ0n) is 8.60. The summed E-state index contributed by atoms with van der Waals surface area (Å²) in [6.07, 6.45) is 0. The molecule has 2 aromatic rings. The molecule has 0 saturated heterocycles. The van der Waals surface area contributed by atoms with Crippen molar-refractivity contribution in [1.29, 1.82) is 0 Å². The van der Waals surface area contributed by atoms with Gasteiger partial charge in [-0.2, -0.15) is 0 Å². The molecular formula is C13H13OP. The fourth-order valence-electron chi connectivity index (χ4n) is 1.64. The molecule has 1 nitrogen and oxygen atoms in total. The summed E-state index contributed by atoms with van der Waals surface area (Å²) in [7, 11) is -0.816.